The van der Waals surface area contributed by atoms with Gasteiger partial charge in [0.25, 0.3) is 0 Å². The van der Waals surface area contributed by atoms with Crippen molar-refractivity contribution < 1.29 is 14.4 Å². The Bertz CT molecular complexity index is 452. The number of nitrogens with zero attached hydrogens (tertiary/aromatic N) is 3. The molecule has 0 amide bonds. The van der Waals surface area contributed by atoms with Crippen molar-refractivity contribution in [3.63, 3.8) is 0 Å². The molecule has 2 aromatic rings. The first kappa shape index (κ1) is 8.36. The highest BCUT2D eigenvalue weighted by molar-refractivity contribution is 5.92. The van der Waals surface area contributed by atoms with Crippen molar-refractivity contribution in [3.8, 4) is 11.4 Å². The van der Waals surface area contributed by atoms with E-state index in [1.165, 1.54) is 18.7 Å². The number of aromatic carboxylic acids is 1. The molecule has 0 saturated heterocycles. The van der Waals surface area contributed by atoms with Gasteiger partial charge in [0.15, 0.2) is 5.82 Å². The second-order valence-corrected chi connectivity index (χ2v) is 2.45. The molecule has 6 heteroatoms. The van der Waals surface area contributed by atoms with E-state index in [0.717, 1.165) is 0 Å². The molecular formula is C8H5N3O3. The Morgan fingerprint density at radius 1 is 1.36 bits per heavy atom. The summed E-state index contributed by atoms with van der Waals surface area (Å²) in [4.78, 5) is 18.5. The summed E-state index contributed by atoms with van der Waals surface area (Å²) >= 11 is 0. The van der Waals surface area contributed by atoms with Crippen LogP contribution in [-0.2, 0) is 0 Å². The Kier molecular flexibility index (Phi) is 1.94. The van der Waals surface area contributed by atoms with Crippen molar-refractivity contribution in [2.75, 3.05) is 0 Å². The molecule has 1 N–H and O–H groups in total. The van der Waals surface area contributed by atoms with Gasteiger partial charge in [-0.25, -0.2) is 14.8 Å². The van der Waals surface area contributed by atoms with Crippen LogP contribution in [0.25, 0.3) is 11.4 Å². The zero-order valence-electron chi connectivity index (χ0n) is 6.91. The molecule has 0 atom stereocenters. The fraction of sp³-hybridized carbons (Fsp3) is 0. The normalized spacial score (nSPS) is 10.0. The highest BCUT2D eigenvalue weighted by Gasteiger charge is 2.17. The summed E-state index contributed by atoms with van der Waals surface area (Å²) in [5.74, 6) is -0.882. The van der Waals surface area contributed by atoms with Gasteiger partial charge in [-0.2, -0.15) is 0 Å². The van der Waals surface area contributed by atoms with Crippen molar-refractivity contribution in [2.45, 2.75) is 0 Å². The maximum Gasteiger partial charge on any atom is 0.358 e. The summed E-state index contributed by atoms with van der Waals surface area (Å²) in [7, 11) is 0. The summed E-state index contributed by atoms with van der Waals surface area (Å²) < 4.78 is 4.55. The fourth-order valence-corrected chi connectivity index (χ4v) is 0.988. The Morgan fingerprint density at radius 3 is 2.71 bits per heavy atom. The third kappa shape index (κ3) is 1.33. The SMILES string of the molecule is O=C(O)c1nocc1-c1ncccn1. The van der Waals surface area contributed by atoms with Gasteiger partial charge in [0.2, 0.25) is 5.69 Å². The van der Waals surface area contributed by atoms with Gasteiger partial charge in [0, 0.05) is 12.4 Å². The van der Waals surface area contributed by atoms with Crippen LogP contribution in [0.4, 0.5) is 0 Å². The van der Waals surface area contributed by atoms with Gasteiger partial charge in [-0.3, -0.25) is 0 Å². The average Bonchev–Trinajstić information content (AvgIpc) is 2.67. The van der Waals surface area contributed by atoms with Crippen LogP contribution in [-0.4, -0.2) is 26.2 Å². The number of carboxylic acid groups (broad SMARTS) is 1. The quantitative estimate of drug-likeness (QED) is 0.756. The number of hydrogen-bond acceptors (Lipinski definition) is 5. The molecule has 0 aliphatic heterocycles. The third-order valence-electron chi connectivity index (χ3n) is 1.58. The molecule has 2 heterocycles. The summed E-state index contributed by atoms with van der Waals surface area (Å²) in [6, 6.07) is 1.64. The van der Waals surface area contributed by atoms with E-state index in [4.69, 9.17) is 5.11 Å². The topological polar surface area (TPSA) is 89.1 Å². The van der Waals surface area contributed by atoms with E-state index in [9.17, 15) is 4.79 Å². The minimum Gasteiger partial charge on any atom is -0.476 e. The van der Waals surface area contributed by atoms with Crippen LogP contribution in [0.5, 0.6) is 0 Å². The zero-order chi connectivity index (χ0) is 9.97. The van der Waals surface area contributed by atoms with Gasteiger partial charge in [0.05, 0.1) is 5.56 Å². The lowest BCUT2D eigenvalue weighted by Gasteiger charge is -1.93. The second kappa shape index (κ2) is 3.25. The van der Waals surface area contributed by atoms with E-state index >= 15 is 0 Å². The van der Waals surface area contributed by atoms with E-state index < -0.39 is 5.97 Å². The summed E-state index contributed by atoms with van der Waals surface area (Å²) in [6.45, 7) is 0. The summed E-state index contributed by atoms with van der Waals surface area (Å²) in [5, 5.41) is 12.1. The van der Waals surface area contributed by atoms with Crippen molar-refractivity contribution >= 4 is 5.97 Å². The zero-order valence-corrected chi connectivity index (χ0v) is 6.91. The molecule has 0 bridgehead atoms. The molecule has 0 aromatic carbocycles. The molecule has 70 valence electrons. The highest BCUT2D eigenvalue weighted by Crippen LogP contribution is 2.17. The average molecular weight is 191 g/mol. The molecule has 0 aliphatic rings. The van der Waals surface area contributed by atoms with Crippen molar-refractivity contribution in [1.29, 1.82) is 0 Å². The van der Waals surface area contributed by atoms with E-state index in [1.54, 1.807) is 6.07 Å². The van der Waals surface area contributed by atoms with Crippen LogP contribution < -0.4 is 0 Å². The molecule has 2 rings (SSSR count). The predicted molar refractivity (Wildman–Crippen MR) is 44.5 cm³/mol. The fourth-order valence-electron chi connectivity index (χ4n) is 0.988. The van der Waals surface area contributed by atoms with Crippen LogP contribution in [0.2, 0.25) is 0 Å². The number of aromatic nitrogens is 3. The lowest BCUT2D eigenvalue weighted by atomic mass is 10.2. The van der Waals surface area contributed by atoms with Crippen LogP contribution in [0, 0.1) is 0 Å². The maximum absolute atomic E-state index is 10.7. The Hall–Kier alpha value is -2.24. The first-order valence-corrected chi connectivity index (χ1v) is 3.74. The second-order valence-electron chi connectivity index (χ2n) is 2.45. The minimum absolute atomic E-state index is 0.184. The van der Waals surface area contributed by atoms with Crippen molar-refractivity contribution in [3.05, 3.63) is 30.4 Å². The summed E-state index contributed by atoms with van der Waals surface area (Å²) in [6.07, 6.45) is 4.24. The van der Waals surface area contributed by atoms with Crippen LogP contribution in [0.1, 0.15) is 10.5 Å². The first-order valence-electron chi connectivity index (χ1n) is 3.74. The molecule has 0 radical (unpaired) electrons. The number of hydrogen-bond donors (Lipinski definition) is 1. The Labute approximate surface area is 78.2 Å². The molecule has 0 fully saturated rings. The number of rotatable bonds is 2. The lowest BCUT2D eigenvalue weighted by Crippen LogP contribution is -2.00. The predicted octanol–water partition coefficient (Wildman–Crippen LogP) is 0.830. The van der Waals surface area contributed by atoms with E-state index in [-0.39, 0.29) is 17.1 Å². The number of carboxylic acids is 1. The minimum atomic E-state index is -1.17. The molecule has 2 aromatic heterocycles. The Balaban J connectivity index is 2.52. The van der Waals surface area contributed by atoms with E-state index in [1.807, 2.05) is 0 Å². The molecule has 0 saturated carbocycles. The third-order valence-corrected chi connectivity index (χ3v) is 1.58. The van der Waals surface area contributed by atoms with Crippen molar-refractivity contribution in [1.82, 2.24) is 15.1 Å². The maximum atomic E-state index is 10.7. The van der Waals surface area contributed by atoms with Gasteiger partial charge in [-0.05, 0) is 6.07 Å². The number of carbonyl (C=O) groups is 1. The van der Waals surface area contributed by atoms with Gasteiger partial charge in [0.1, 0.15) is 6.26 Å². The summed E-state index contributed by atoms with van der Waals surface area (Å²) in [5.41, 5.74) is 0.0919. The molecule has 14 heavy (non-hydrogen) atoms. The standard InChI is InChI=1S/C8H5N3O3/c12-8(13)6-5(4-14-11-6)7-9-2-1-3-10-7/h1-4H,(H,12,13). The smallest absolute Gasteiger partial charge is 0.358 e. The Morgan fingerprint density at radius 2 is 2.07 bits per heavy atom. The van der Waals surface area contributed by atoms with Gasteiger partial charge in [-0.15, -0.1) is 0 Å². The molecule has 0 unspecified atom stereocenters. The monoisotopic (exact) mass is 191 g/mol. The van der Waals surface area contributed by atoms with Crippen LogP contribution >= 0.6 is 0 Å². The first-order chi connectivity index (χ1) is 6.79. The molecule has 0 spiro atoms. The van der Waals surface area contributed by atoms with Gasteiger partial charge < -0.3 is 9.63 Å². The van der Waals surface area contributed by atoms with Crippen molar-refractivity contribution in [2.24, 2.45) is 0 Å². The van der Waals surface area contributed by atoms with Gasteiger partial charge in [-0.1, -0.05) is 5.16 Å². The van der Waals surface area contributed by atoms with Crippen LogP contribution in [0.15, 0.2) is 29.2 Å². The lowest BCUT2D eigenvalue weighted by molar-refractivity contribution is 0.0686. The van der Waals surface area contributed by atoms with E-state index in [2.05, 4.69) is 19.6 Å². The van der Waals surface area contributed by atoms with Crippen LogP contribution in [0.3, 0.4) is 0 Å². The molecule has 6 nitrogen and oxygen atoms in total. The largest absolute Gasteiger partial charge is 0.476 e. The van der Waals surface area contributed by atoms with Gasteiger partial charge >= 0.3 is 5.97 Å². The molecular weight excluding hydrogens is 186 g/mol. The highest BCUT2D eigenvalue weighted by atomic mass is 16.5. The molecule has 0 aliphatic carbocycles. The van der Waals surface area contributed by atoms with E-state index in [0.29, 0.717) is 0 Å².